The van der Waals surface area contributed by atoms with Crippen LogP contribution in [-0.4, -0.2) is 37.8 Å². The highest BCUT2D eigenvalue weighted by atomic mass is 16.5. The number of rotatable bonds is 8. The molecule has 0 bridgehead atoms. The lowest BCUT2D eigenvalue weighted by Gasteiger charge is -2.15. The van der Waals surface area contributed by atoms with E-state index in [-0.39, 0.29) is 18.1 Å². The lowest BCUT2D eigenvalue weighted by atomic mass is 10.0. The number of methoxy groups -OCH3 is 1. The first-order valence-corrected chi connectivity index (χ1v) is 8.56. The summed E-state index contributed by atoms with van der Waals surface area (Å²) in [6.45, 7) is 2.80. The molecule has 0 radical (unpaired) electrons. The fraction of sp³-hybridized carbons (Fsp3) is 0.333. The Morgan fingerprint density at radius 3 is 2.35 bits per heavy atom. The van der Waals surface area contributed by atoms with Gasteiger partial charge in [0.05, 0.1) is 13.5 Å². The van der Waals surface area contributed by atoms with Gasteiger partial charge in [0.25, 0.3) is 0 Å². The third kappa shape index (κ3) is 5.43. The van der Waals surface area contributed by atoms with E-state index in [1.807, 2.05) is 32.3 Å². The lowest BCUT2D eigenvalue weighted by molar-refractivity contribution is -0.120. The quantitative estimate of drug-likeness (QED) is 0.741. The van der Waals surface area contributed by atoms with E-state index in [9.17, 15) is 9.59 Å². The number of nitrogens with one attached hydrogen (secondary N) is 1. The van der Waals surface area contributed by atoms with Crippen LogP contribution in [0.1, 0.15) is 34.0 Å². The zero-order chi connectivity index (χ0) is 19.1. The van der Waals surface area contributed by atoms with Crippen molar-refractivity contribution >= 4 is 11.7 Å². The predicted molar refractivity (Wildman–Crippen MR) is 102 cm³/mol. The first kappa shape index (κ1) is 19.7. The van der Waals surface area contributed by atoms with Crippen LogP contribution in [0.5, 0.6) is 5.75 Å². The Bertz CT molecular complexity index is 785. The summed E-state index contributed by atoms with van der Waals surface area (Å²) < 4.78 is 5.31. The maximum atomic E-state index is 12.4. The van der Waals surface area contributed by atoms with Crippen LogP contribution in [0.2, 0.25) is 0 Å². The summed E-state index contributed by atoms with van der Waals surface area (Å²) >= 11 is 0. The van der Waals surface area contributed by atoms with Gasteiger partial charge < -0.3 is 15.0 Å². The molecule has 0 aromatic heterocycles. The van der Waals surface area contributed by atoms with E-state index in [1.165, 1.54) is 12.5 Å². The van der Waals surface area contributed by atoms with Crippen molar-refractivity contribution in [1.29, 1.82) is 0 Å². The first-order valence-electron chi connectivity index (χ1n) is 8.56. The van der Waals surface area contributed by atoms with Crippen molar-refractivity contribution in [2.24, 2.45) is 0 Å². The third-order valence-corrected chi connectivity index (χ3v) is 4.12. The van der Waals surface area contributed by atoms with Gasteiger partial charge in [-0.3, -0.25) is 9.59 Å². The van der Waals surface area contributed by atoms with Crippen molar-refractivity contribution in [3.05, 3.63) is 64.7 Å². The van der Waals surface area contributed by atoms with E-state index in [2.05, 4.69) is 16.3 Å². The van der Waals surface area contributed by atoms with Gasteiger partial charge in [-0.2, -0.15) is 0 Å². The largest absolute Gasteiger partial charge is 0.496 e. The van der Waals surface area contributed by atoms with E-state index < -0.39 is 0 Å². The SMILES string of the molecule is COc1ccc(C(C)=O)cc1CC(=O)NCc1ccccc1CN(C)C. The van der Waals surface area contributed by atoms with E-state index in [0.29, 0.717) is 23.4 Å². The molecule has 26 heavy (non-hydrogen) atoms. The van der Waals surface area contributed by atoms with Crippen LogP contribution in [0, 0.1) is 0 Å². The van der Waals surface area contributed by atoms with Crippen LogP contribution in [0.4, 0.5) is 0 Å². The average Bonchev–Trinajstić information content (AvgIpc) is 2.60. The summed E-state index contributed by atoms with van der Waals surface area (Å²) in [4.78, 5) is 26.1. The van der Waals surface area contributed by atoms with Gasteiger partial charge in [-0.15, -0.1) is 0 Å². The molecule has 0 heterocycles. The van der Waals surface area contributed by atoms with E-state index in [4.69, 9.17) is 4.74 Å². The Morgan fingerprint density at radius 1 is 1.04 bits per heavy atom. The summed E-state index contributed by atoms with van der Waals surface area (Å²) in [6, 6.07) is 13.2. The summed E-state index contributed by atoms with van der Waals surface area (Å²) in [6.07, 6.45) is 0.167. The Labute approximate surface area is 155 Å². The van der Waals surface area contributed by atoms with Crippen molar-refractivity contribution in [2.45, 2.75) is 26.4 Å². The van der Waals surface area contributed by atoms with Gasteiger partial charge in [-0.25, -0.2) is 0 Å². The second-order valence-electron chi connectivity index (χ2n) is 6.54. The number of amides is 1. The van der Waals surface area contributed by atoms with Crippen molar-refractivity contribution in [1.82, 2.24) is 10.2 Å². The molecular formula is C21H26N2O3. The van der Waals surface area contributed by atoms with E-state index in [1.54, 1.807) is 25.3 Å². The summed E-state index contributed by atoms with van der Waals surface area (Å²) in [5.74, 6) is 0.466. The minimum absolute atomic E-state index is 0.0353. The summed E-state index contributed by atoms with van der Waals surface area (Å²) in [5, 5.41) is 2.96. The van der Waals surface area contributed by atoms with Gasteiger partial charge in [0, 0.05) is 24.2 Å². The predicted octanol–water partition coefficient (Wildman–Crippen LogP) is 2.82. The Kier molecular flexibility index (Phi) is 6.92. The number of carbonyl (C=O) groups excluding carboxylic acids is 2. The highest BCUT2D eigenvalue weighted by Crippen LogP contribution is 2.21. The molecule has 1 amide bonds. The van der Waals surface area contributed by atoms with E-state index in [0.717, 1.165) is 12.1 Å². The molecule has 0 aliphatic heterocycles. The minimum Gasteiger partial charge on any atom is -0.496 e. The summed E-state index contributed by atoms with van der Waals surface area (Å²) in [5.41, 5.74) is 3.57. The molecule has 5 nitrogen and oxygen atoms in total. The number of benzene rings is 2. The average molecular weight is 354 g/mol. The van der Waals surface area contributed by atoms with Crippen LogP contribution >= 0.6 is 0 Å². The number of hydrogen-bond acceptors (Lipinski definition) is 4. The molecule has 0 atom stereocenters. The van der Waals surface area contributed by atoms with Crippen LogP contribution in [0.25, 0.3) is 0 Å². The molecule has 2 aromatic rings. The molecule has 1 N–H and O–H groups in total. The van der Waals surface area contributed by atoms with Crippen LogP contribution < -0.4 is 10.1 Å². The molecule has 2 aromatic carbocycles. The number of Topliss-reactive ketones (excluding diaryl/α,β-unsaturated/α-hetero) is 1. The van der Waals surface area contributed by atoms with Crippen LogP contribution in [-0.2, 0) is 24.3 Å². The van der Waals surface area contributed by atoms with Crippen LogP contribution in [0.3, 0.4) is 0 Å². The molecule has 0 saturated carbocycles. The minimum atomic E-state index is -0.108. The molecule has 2 rings (SSSR count). The first-order chi connectivity index (χ1) is 12.4. The molecular weight excluding hydrogens is 328 g/mol. The number of nitrogens with zero attached hydrogens (tertiary/aromatic N) is 1. The fourth-order valence-electron chi connectivity index (χ4n) is 2.79. The number of carbonyl (C=O) groups is 2. The van der Waals surface area contributed by atoms with Gasteiger partial charge in [-0.05, 0) is 50.3 Å². The lowest BCUT2D eigenvalue weighted by Crippen LogP contribution is -2.26. The van der Waals surface area contributed by atoms with Gasteiger partial charge in [-0.1, -0.05) is 24.3 Å². The van der Waals surface area contributed by atoms with Gasteiger partial charge in [0.2, 0.25) is 5.91 Å². The number of ether oxygens (including phenoxy) is 1. The maximum Gasteiger partial charge on any atom is 0.224 e. The number of hydrogen-bond donors (Lipinski definition) is 1. The molecule has 0 aliphatic rings. The smallest absolute Gasteiger partial charge is 0.224 e. The maximum absolute atomic E-state index is 12.4. The number of ketones is 1. The van der Waals surface area contributed by atoms with Gasteiger partial charge >= 0.3 is 0 Å². The molecule has 0 aliphatic carbocycles. The molecule has 138 valence electrons. The Hall–Kier alpha value is -2.66. The van der Waals surface area contributed by atoms with Gasteiger partial charge in [0.1, 0.15) is 5.75 Å². The molecule has 0 unspecified atom stereocenters. The van der Waals surface area contributed by atoms with Gasteiger partial charge in [0.15, 0.2) is 5.78 Å². The molecule has 0 saturated heterocycles. The van der Waals surface area contributed by atoms with Crippen molar-refractivity contribution < 1.29 is 14.3 Å². The van der Waals surface area contributed by atoms with E-state index >= 15 is 0 Å². The molecule has 5 heteroatoms. The topological polar surface area (TPSA) is 58.6 Å². The highest BCUT2D eigenvalue weighted by Gasteiger charge is 2.12. The van der Waals surface area contributed by atoms with Crippen LogP contribution in [0.15, 0.2) is 42.5 Å². The zero-order valence-corrected chi connectivity index (χ0v) is 15.8. The second-order valence-corrected chi connectivity index (χ2v) is 6.54. The monoisotopic (exact) mass is 354 g/mol. The molecule has 0 fully saturated rings. The standard InChI is InChI=1S/C21H26N2O3/c1-15(24)16-9-10-20(26-4)19(11-16)12-21(25)22-13-17-7-5-6-8-18(17)14-23(2)3/h5-11H,12-14H2,1-4H3,(H,22,25). The summed E-state index contributed by atoms with van der Waals surface area (Å²) in [7, 11) is 5.59. The third-order valence-electron chi connectivity index (χ3n) is 4.12. The van der Waals surface area contributed by atoms with Crippen molar-refractivity contribution in [3.63, 3.8) is 0 Å². The van der Waals surface area contributed by atoms with Crippen molar-refractivity contribution in [3.8, 4) is 5.75 Å². The van der Waals surface area contributed by atoms with Crippen molar-refractivity contribution in [2.75, 3.05) is 21.2 Å². The Balaban J connectivity index is 2.06. The zero-order valence-electron chi connectivity index (χ0n) is 15.8. The fourth-order valence-corrected chi connectivity index (χ4v) is 2.79. The Morgan fingerprint density at radius 2 is 1.73 bits per heavy atom. The second kappa shape index (κ2) is 9.15. The normalized spacial score (nSPS) is 10.7. The molecule has 0 spiro atoms. The highest BCUT2D eigenvalue weighted by molar-refractivity contribution is 5.94.